The van der Waals surface area contributed by atoms with Crippen molar-refractivity contribution in [1.82, 2.24) is 0 Å². The molecular formula is C17H17BO3. The molecule has 2 aromatic rings. The van der Waals surface area contributed by atoms with Crippen LogP contribution in [0.4, 0.5) is 0 Å². The highest BCUT2D eigenvalue weighted by molar-refractivity contribution is 6.33. The Morgan fingerprint density at radius 2 is 2.05 bits per heavy atom. The van der Waals surface area contributed by atoms with E-state index in [1.165, 1.54) is 0 Å². The second-order valence-electron chi connectivity index (χ2n) is 5.46. The van der Waals surface area contributed by atoms with Crippen molar-refractivity contribution in [2.75, 3.05) is 0 Å². The maximum absolute atomic E-state index is 11.9. The van der Waals surface area contributed by atoms with Gasteiger partial charge in [0, 0.05) is 17.5 Å². The number of carbonyl (C=O) groups excluding carboxylic acids is 1. The van der Waals surface area contributed by atoms with Crippen molar-refractivity contribution in [3.8, 4) is 11.5 Å². The van der Waals surface area contributed by atoms with Crippen LogP contribution in [0.5, 0.6) is 11.5 Å². The van der Waals surface area contributed by atoms with E-state index in [0.29, 0.717) is 13.0 Å². The molecule has 3 rings (SSSR count). The molecule has 0 unspecified atom stereocenters. The quantitative estimate of drug-likeness (QED) is 0.871. The molecule has 0 aliphatic heterocycles. The number of rotatable bonds is 3. The van der Waals surface area contributed by atoms with Gasteiger partial charge in [-0.05, 0) is 36.6 Å². The Labute approximate surface area is 125 Å². The van der Waals surface area contributed by atoms with Crippen molar-refractivity contribution in [1.29, 1.82) is 0 Å². The number of fused-ring (bicyclic) bond motifs is 1. The van der Waals surface area contributed by atoms with E-state index >= 15 is 0 Å². The minimum atomic E-state index is 0.204. The zero-order valence-electron chi connectivity index (χ0n) is 12.1. The lowest BCUT2D eigenvalue weighted by molar-refractivity contribution is 0.0971. The standard InChI is InChI=1S/C17H17BO3/c18-15-8-7-12(19)9-11(15)10-21-17-6-2-3-13-14(17)4-1-5-16(13)20/h2-3,6-9,19H,1,4-5,10,18H2. The van der Waals surface area contributed by atoms with Crippen molar-refractivity contribution in [2.24, 2.45) is 0 Å². The fraction of sp³-hybridized carbons (Fsp3) is 0.235. The highest BCUT2D eigenvalue weighted by Gasteiger charge is 2.20. The predicted molar refractivity (Wildman–Crippen MR) is 84.3 cm³/mol. The van der Waals surface area contributed by atoms with Crippen LogP contribution in [0.25, 0.3) is 0 Å². The van der Waals surface area contributed by atoms with Gasteiger partial charge in [-0.2, -0.15) is 0 Å². The first-order chi connectivity index (χ1) is 10.1. The third kappa shape index (κ3) is 2.80. The Kier molecular flexibility index (Phi) is 3.69. The van der Waals surface area contributed by atoms with Crippen LogP contribution in [0.1, 0.15) is 34.3 Å². The van der Waals surface area contributed by atoms with Gasteiger partial charge in [0.25, 0.3) is 0 Å². The zero-order valence-corrected chi connectivity index (χ0v) is 12.1. The number of hydrogen-bond donors (Lipinski definition) is 1. The van der Waals surface area contributed by atoms with Crippen molar-refractivity contribution < 1.29 is 14.6 Å². The summed E-state index contributed by atoms with van der Waals surface area (Å²) in [6, 6.07) is 10.9. The van der Waals surface area contributed by atoms with E-state index in [-0.39, 0.29) is 11.5 Å². The molecule has 2 aromatic carbocycles. The maximum Gasteiger partial charge on any atom is 0.163 e. The molecule has 21 heavy (non-hydrogen) atoms. The number of Topliss-reactive ketones (excluding diaryl/α,β-unsaturated/α-hetero) is 1. The normalized spacial score (nSPS) is 13.8. The Morgan fingerprint density at radius 1 is 1.19 bits per heavy atom. The van der Waals surface area contributed by atoms with Gasteiger partial charge in [-0.3, -0.25) is 4.79 Å². The van der Waals surface area contributed by atoms with Crippen molar-refractivity contribution in [3.05, 3.63) is 53.1 Å². The van der Waals surface area contributed by atoms with Crippen LogP contribution in [-0.2, 0) is 13.0 Å². The second kappa shape index (κ2) is 5.64. The largest absolute Gasteiger partial charge is 0.508 e. The zero-order chi connectivity index (χ0) is 14.8. The summed E-state index contributed by atoms with van der Waals surface area (Å²) in [6.07, 6.45) is 2.40. The van der Waals surface area contributed by atoms with Crippen LogP contribution in [0, 0.1) is 0 Å². The number of ether oxygens (including phenoxy) is 1. The number of phenolic OH excluding ortho intramolecular Hbond substituents is 1. The first-order valence-electron chi connectivity index (χ1n) is 7.21. The average molecular weight is 280 g/mol. The van der Waals surface area contributed by atoms with Gasteiger partial charge in [-0.15, -0.1) is 0 Å². The molecule has 0 amide bonds. The summed E-state index contributed by atoms with van der Waals surface area (Å²) in [4.78, 5) is 11.9. The molecule has 0 bridgehead atoms. The van der Waals surface area contributed by atoms with Crippen LogP contribution >= 0.6 is 0 Å². The molecule has 4 heteroatoms. The molecule has 0 heterocycles. The number of hydrogen-bond acceptors (Lipinski definition) is 3. The molecule has 1 aliphatic carbocycles. The van der Waals surface area contributed by atoms with Gasteiger partial charge in [0.05, 0.1) is 0 Å². The topological polar surface area (TPSA) is 46.5 Å². The van der Waals surface area contributed by atoms with Gasteiger partial charge in [0.2, 0.25) is 0 Å². The fourth-order valence-electron chi connectivity index (χ4n) is 2.75. The molecule has 3 nitrogen and oxygen atoms in total. The monoisotopic (exact) mass is 280 g/mol. The van der Waals surface area contributed by atoms with E-state index in [0.717, 1.165) is 40.7 Å². The van der Waals surface area contributed by atoms with E-state index in [9.17, 15) is 9.90 Å². The molecule has 0 spiro atoms. The third-order valence-electron chi connectivity index (χ3n) is 3.98. The van der Waals surface area contributed by atoms with Crippen molar-refractivity contribution >= 4 is 19.1 Å². The summed E-state index contributed by atoms with van der Waals surface area (Å²) < 4.78 is 5.91. The van der Waals surface area contributed by atoms with Gasteiger partial charge < -0.3 is 9.84 Å². The van der Waals surface area contributed by atoms with Gasteiger partial charge in [0.1, 0.15) is 26.0 Å². The molecule has 0 aromatic heterocycles. The molecule has 1 N–H and O–H groups in total. The molecule has 0 fully saturated rings. The maximum atomic E-state index is 11.9. The van der Waals surface area contributed by atoms with Crippen LogP contribution in [0.3, 0.4) is 0 Å². The van der Waals surface area contributed by atoms with Crippen LogP contribution in [0.15, 0.2) is 36.4 Å². The number of phenols is 1. The molecule has 0 atom stereocenters. The first kappa shape index (κ1) is 13.7. The van der Waals surface area contributed by atoms with Crippen LogP contribution in [0.2, 0.25) is 0 Å². The minimum absolute atomic E-state index is 0.204. The summed E-state index contributed by atoms with van der Waals surface area (Å²) >= 11 is 0. The minimum Gasteiger partial charge on any atom is -0.508 e. The lowest BCUT2D eigenvalue weighted by Gasteiger charge is -2.19. The summed E-state index contributed by atoms with van der Waals surface area (Å²) in [6.45, 7) is 0.394. The number of benzene rings is 2. The Balaban J connectivity index is 1.84. The van der Waals surface area contributed by atoms with Gasteiger partial charge >= 0.3 is 0 Å². The Hall–Kier alpha value is -2.23. The lowest BCUT2D eigenvalue weighted by Crippen LogP contribution is -2.15. The van der Waals surface area contributed by atoms with E-state index in [2.05, 4.69) is 0 Å². The van der Waals surface area contributed by atoms with Gasteiger partial charge in [-0.1, -0.05) is 23.7 Å². The molecule has 0 radical (unpaired) electrons. The SMILES string of the molecule is Bc1ccc(O)cc1COc1cccc2c1CCCC2=O. The smallest absolute Gasteiger partial charge is 0.163 e. The summed E-state index contributed by atoms with van der Waals surface area (Å²) in [7, 11) is 1.99. The van der Waals surface area contributed by atoms with E-state index < -0.39 is 0 Å². The predicted octanol–water partition coefficient (Wildman–Crippen LogP) is 1.75. The lowest BCUT2D eigenvalue weighted by atomic mass is 9.89. The van der Waals surface area contributed by atoms with Crippen molar-refractivity contribution in [3.63, 3.8) is 0 Å². The highest BCUT2D eigenvalue weighted by atomic mass is 16.5. The van der Waals surface area contributed by atoms with Gasteiger partial charge in [0.15, 0.2) is 5.78 Å². The average Bonchev–Trinajstić information content (AvgIpc) is 2.49. The second-order valence-corrected chi connectivity index (χ2v) is 5.46. The van der Waals surface area contributed by atoms with E-state index in [1.807, 2.05) is 32.1 Å². The van der Waals surface area contributed by atoms with Crippen LogP contribution in [-0.4, -0.2) is 18.7 Å². The van der Waals surface area contributed by atoms with Crippen LogP contribution < -0.4 is 10.2 Å². The highest BCUT2D eigenvalue weighted by Crippen LogP contribution is 2.30. The van der Waals surface area contributed by atoms with Crippen molar-refractivity contribution in [2.45, 2.75) is 25.9 Å². The summed E-state index contributed by atoms with van der Waals surface area (Å²) in [5.74, 6) is 1.22. The number of carbonyl (C=O) groups is 1. The third-order valence-corrected chi connectivity index (χ3v) is 3.98. The Morgan fingerprint density at radius 3 is 2.90 bits per heavy atom. The fourth-order valence-corrected chi connectivity index (χ4v) is 2.75. The molecule has 106 valence electrons. The summed E-state index contributed by atoms with van der Waals surface area (Å²) in [5, 5.41) is 9.56. The molecular weight excluding hydrogens is 263 g/mol. The number of aromatic hydroxyl groups is 1. The van der Waals surface area contributed by atoms with E-state index in [1.54, 1.807) is 12.1 Å². The Bertz CT molecular complexity index is 694. The molecule has 1 aliphatic rings. The molecule has 0 saturated heterocycles. The summed E-state index contributed by atoms with van der Waals surface area (Å²) in [5.41, 5.74) is 3.85. The van der Waals surface area contributed by atoms with Gasteiger partial charge in [-0.25, -0.2) is 0 Å². The van der Waals surface area contributed by atoms with E-state index in [4.69, 9.17) is 4.74 Å². The first-order valence-corrected chi connectivity index (χ1v) is 7.21. The number of ketones is 1. The molecule has 0 saturated carbocycles.